The van der Waals surface area contributed by atoms with Gasteiger partial charge in [-0.15, -0.1) is 0 Å². The molecule has 5 rings (SSSR count). The van der Waals surface area contributed by atoms with E-state index in [1.54, 1.807) is 4.90 Å². The van der Waals surface area contributed by atoms with E-state index in [2.05, 4.69) is 60.6 Å². The normalized spacial score (nSPS) is 18.7. The number of hydrogen-bond acceptors (Lipinski definition) is 4. The highest BCUT2D eigenvalue weighted by molar-refractivity contribution is 6.04. The van der Waals surface area contributed by atoms with Crippen LogP contribution in [-0.2, 0) is 17.9 Å². The SMILES string of the molecule is Cc1ccc(-c2nn(Cc3ccccc3)cc2CN2CCN3C(=O)NC(=O)C3C2)cc1C. The first kappa shape index (κ1) is 20.5. The van der Waals surface area contributed by atoms with Crippen molar-refractivity contribution in [2.24, 2.45) is 0 Å². The van der Waals surface area contributed by atoms with Crippen molar-refractivity contribution in [2.45, 2.75) is 33.0 Å². The Morgan fingerprint density at radius 1 is 1.00 bits per heavy atom. The molecule has 2 saturated heterocycles. The molecule has 0 aliphatic carbocycles. The summed E-state index contributed by atoms with van der Waals surface area (Å²) in [6, 6.07) is 16.1. The van der Waals surface area contributed by atoms with E-state index in [9.17, 15) is 9.59 Å². The van der Waals surface area contributed by atoms with Crippen molar-refractivity contribution in [3.63, 3.8) is 0 Å². The van der Waals surface area contributed by atoms with Gasteiger partial charge in [-0.25, -0.2) is 4.79 Å². The van der Waals surface area contributed by atoms with Crippen molar-refractivity contribution in [1.29, 1.82) is 0 Å². The van der Waals surface area contributed by atoms with Crippen LogP contribution in [0.2, 0.25) is 0 Å². The maximum absolute atomic E-state index is 12.2. The van der Waals surface area contributed by atoms with Gasteiger partial charge in [0, 0.05) is 43.5 Å². The van der Waals surface area contributed by atoms with Crippen LogP contribution in [0.4, 0.5) is 4.79 Å². The van der Waals surface area contributed by atoms with E-state index >= 15 is 0 Å². The number of urea groups is 1. The molecule has 1 aromatic heterocycles. The number of hydrogen-bond donors (Lipinski definition) is 1. The minimum atomic E-state index is -0.402. The van der Waals surface area contributed by atoms with Gasteiger partial charge in [0.15, 0.2) is 0 Å². The van der Waals surface area contributed by atoms with Crippen LogP contribution in [0.5, 0.6) is 0 Å². The summed E-state index contributed by atoms with van der Waals surface area (Å²) in [5.74, 6) is -0.200. The van der Waals surface area contributed by atoms with Crippen LogP contribution in [0, 0.1) is 13.8 Å². The minimum Gasteiger partial charge on any atom is -0.310 e. The molecule has 32 heavy (non-hydrogen) atoms. The standard InChI is InChI=1S/C25H27N5O2/c1-17-8-9-20(12-18(17)2)23-21(15-29(27-23)13-19-6-4-3-5-7-19)14-28-10-11-30-22(16-28)24(31)26-25(30)32/h3-9,12,15,22H,10-11,13-14,16H2,1-2H3,(H,26,31,32). The second-order valence-corrected chi connectivity index (χ2v) is 8.72. The number of rotatable bonds is 5. The number of aryl methyl sites for hydroxylation is 2. The van der Waals surface area contributed by atoms with Gasteiger partial charge >= 0.3 is 6.03 Å². The summed E-state index contributed by atoms with van der Waals surface area (Å²) in [5, 5.41) is 7.38. The summed E-state index contributed by atoms with van der Waals surface area (Å²) in [5.41, 5.74) is 6.89. The van der Waals surface area contributed by atoms with E-state index in [1.807, 2.05) is 22.9 Å². The smallest absolute Gasteiger partial charge is 0.310 e. The van der Waals surface area contributed by atoms with Gasteiger partial charge in [0.25, 0.3) is 5.91 Å². The molecule has 3 aromatic rings. The third-order valence-electron chi connectivity index (χ3n) is 6.46. The number of nitrogens with zero attached hydrogens (tertiary/aromatic N) is 4. The molecule has 1 N–H and O–H groups in total. The lowest BCUT2D eigenvalue weighted by molar-refractivity contribution is -0.122. The van der Waals surface area contributed by atoms with Crippen molar-refractivity contribution in [1.82, 2.24) is 24.9 Å². The Morgan fingerprint density at radius 2 is 1.81 bits per heavy atom. The molecule has 1 atom stereocenters. The highest BCUT2D eigenvalue weighted by Gasteiger charge is 2.42. The molecule has 7 nitrogen and oxygen atoms in total. The number of imide groups is 1. The molecule has 2 aliphatic rings. The maximum atomic E-state index is 12.2. The summed E-state index contributed by atoms with van der Waals surface area (Å²) >= 11 is 0. The Labute approximate surface area is 187 Å². The molecule has 0 radical (unpaired) electrons. The van der Waals surface area contributed by atoms with Crippen LogP contribution in [0.1, 0.15) is 22.3 Å². The Bertz CT molecular complexity index is 1170. The maximum Gasteiger partial charge on any atom is 0.324 e. The van der Waals surface area contributed by atoms with E-state index in [0.29, 0.717) is 26.2 Å². The average molecular weight is 430 g/mol. The molecule has 3 heterocycles. The fraction of sp³-hybridized carbons (Fsp3) is 0.320. The lowest BCUT2D eigenvalue weighted by atomic mass is 10.0. The second-order valence-electron chi connectivity index (χ2n) is 8.72. The number of carbonyl (C=O) groups excluding carboxylic acids is 2. The van der Waals surface area contributed by atoms with Gasteiger partial charge in [0.1, 0.15) is 6.04 Å². The lowest BCUT2D eigenvalue weighted by Gasteiger charge is -2.35. The van der Waals surface area contributed by atoms with Crippen LogP contribution in [0.25, 0.3) is 11.3 Å². The number of piperazine rings is 1. The van der Waals surface area contributed by atoms with Gasteiger partial charge in [0.2, 0.25) is 0 Å². The topological polar surface area (TPSA) is 70.5 Å². The highest BCUT2D eigenvalue weighted by atomic mass is 16.2. The van der Waals surface area contributed by atoms with E-state index in [0.717, 1.165) is 23.4 Å². The molecular formula is C25H27N5O2. The number of benzene rings is 2. The summed E-state index contributed by atoms with van der Waals surface area (Å²) in [4.78, 5) is 28.0. The monoisotopic (exact) mass is 429 g/mol. The van der Waals surface area contributed by atoms with Crippen LogP contribution >= 0.6 is 0 Å². The van der Waals surface area contributed by atoms with E-state index in [-0.39, 0.29) is 11.9 Å². The van der Waals surface area contributed by atoms with E-state index in [1.165, 1.54) is 16.7 Å². The third kappa shape index (κ3) is 3.91. The molecule has 0 bridgehead atoms. The molecule has 164 valence electrons. The zero-order chi connectivity index (χ0) is 22.2. The molecule has 2 aliphatic heterocycles. The molecule has 3 amide bonds. The first-order valence-corrected chi connectivity index (χ1v) is 11.0. The van der Waals surface area contributed by atoms with Gasteiger partial charge in [-0.3, -0.25) is 19.7 Å². The van der Waals surface area contributed by atoms with Gasteiger partial charge in [-0.1, -0.05) is 42.5 Å². The van der Waals surface area contributed by atoms with Gasteiger partial charge in [0.05, 0.1) is 12.2 Å². The average Bonchev–Trinajstić information content (AvgIpc) is 3.30. The molecule has 2 aromatic carbocycles. The van der Waals surface area contributed by atoms with Crippen molar-refractivity contribution in [3.05, 3.63) is 77.0 Å². The Morgan fingerprint density at radius 3 is 2.59 bits per heavy atom. The quantitative estimate of drug-likeness (QED) is 0.633. The summed E-state index contributed by atoms with van der Waals surface area (Å²) in [6.45, 7) is 7.44. The highest BCUT2D eigenvalue weighted by Crippen LogP contribution is 2.27. The van der Waals surface area contributed by atoms with E-state index < -0.39 is 6.04 Å². The first-order chi connectivity index (χ1) is 15.5. The Hall–Kier alpha value is -3.45. The van der Waals surface area contributed by atoms with Crippen molar-refractivity contribution in [2.75, 3.05) is 19.6 Å². The largest absolute Gasteiger partial charge is 0.324 e. The molecular weight excluding hydrogens is 402 g/mol. The van der Waals surface area contributed by atoms with Crippen molar-refractivity contribution >= 4 is 11.9 Å². The summed E-state index contributed by atoms with van der Waals surface area (Å²) < 4.78 is 2.00. The fourth-order valence-corrected chi connectivity index (χ4v) is 4.51. The van der Waals surface area contributed by atoms with Gasteiger partial charge in [-0.2, -0.15) is 5.10 Å². The summed E-state index contributed by atoms with van der Waals surface area (Å²) in [6.07, 6.45) is 2.11. The number of aromatic nitrogens is 2. The summed E-state index contributed by atoms with van der Waals surface area (Å²) in [7, 11) is 0. The minimum absolute atomic E-state index is 0.200. The van der Waals surface area contributed by atoms with Crippen LogP contribution < -0.4 is 5.32 Å². The number of fused-ring (bicyclic) bond motifs is 1. The predicted octanol–water partition coefficient (Wildman–Crippen LogP) is 2.95. The van der Waals surface area contributed by atoms with Crippen LogP contribution in [0.3, 0.4) is 0 Å². The first-order valence-electron chi connectivity index (χ1n) is 11.0. The van der Waals surface area contributed by atoms with Gasteiger partial charge < -0.3 is 4.90 Å². The zero-order valence-electron chi connectivity index (χ0n) is 18.4. The zero-order valence-corrected chi connectivity index (χ0v) is 18.4. The molecule has 1 unspecified atom stereocenters. The fourth-order valence-electron chi connectivity index (χ4n) is 4.51. The number of amides is 3. The van der Waals surface area contributed by atoms with E-state index in [4.69, 9.17) is 5.10 Å². The molecule has 2 fully saturated rings. The predicted molar refractivity (Wildman–Crippen MR) is 122 cm³/mol. The molecule has 0 saturated carbocycles. The van der Waals surface area contributed by atoms with Gasteiger partial charge in [-0.05, 0) is 36.6 Å². The molecule has 0 spiro atoms. The van der Waals surface area contributed by atoms with Crippen LogP contribution in [-0.4, -0.2) is 57.2 Å². The van der Waals surface area contributed by atoms with Crippen molar-refractivity contribution in [3.8, 4) is 11.3 Å². The Balaban J connectivity index is 1.44. The third-order valence-corrected chi connectivity index (χ3v) is 6.46. The number of nitrogens with one attached hydrogen (secondary N) is 1. The Kier molecular flexibility index (Phi) is 5.27. The number of carbonyl (C=O) groups is 2. The lowest BCUT2D eigenvalue weighted by Crippen LogP contribution is -2.52. The second kappa shape index (κ2) is 8.24. The molecule has 7 heteroatoms. The van der Waals surface area contributed by atoms with Crippen LogP contribution in [0.15, 0.2) is 54.7 Å². The van der Waals surface area contributed by atoms with Crippen molar-refractivity contribution < 1.29 is 9.59 Å².